The monoisotopic (exact) mass is 340 g/mol. The second-order valence-corrected chi connectivity index (χ2v) is 6.26. The number of pyridine rings is 1. The lowest BCUT2D eigenvalue weighted by atomic mass is 10.1. The van der Waals surface area contributed by atoms with Crippen LogP contribution in [0, 0.1) is 5.21 Å². The highest BCUT2D eigenvalue weighted by atomic mass is 16.8. The van der Waals surface area contributed by atoms with Gasteiger partial charge in [0, 0.05) is 23.0 Å². The maximum atomic E-state index is 11.5. The molecule has 7 nitrogen and oxygen atoms in total. The number of nitrogens with two attached hydrogens (primary N) is 1. The SMILES string of the molecule is CN(C)CCCNc1ccc(N([O-])O)c2nc3ccccc3c(N)c12. The van der Waals surface area contributed by atoms with Gasteiger partial charge in [0.1, 0.15) is 0 Å². The van der Waals surface area contributed by atoms with E-state index in [1.165, 1.54) is 0 Å². The molecular weight excluding hydrogens is 318 g/mol. The number of hydrogen-bond acceptors (Lipinski definition) is 7. The van der Waals surface area contributed by atoms with E-state index in [1.807, 2.05) is 38.4 Å². The zero-order valence-electron chi connectivity index (χ0n) is 14.4. The highest BCUT2D eigenvalue weighted by molar-refractivity contribution is 6.14. The smallest absolute Gasteiger partial charge is 0.0998 e. The van der Waals surface area contributed by atoms with E-state index in [9.17, 15) is 10.4 Å². The van der Waals surface area contributed by atoms with Crippen LogP contribution >= 0.6 is 0 Å². The van der Waals surface area contributed by atoms with Gasteiger partial charge in [0.25, 0.3) is 0 Å². The molecule has 0 aliphatic carbocycles. The summed E-state index contributed by atoms with van der Waals surface area (Å²) in [5, 5.41) is 25.6. The average Bonchev–Trinajstić information content (AvgIpc) is 2.58. The summed E-state index contributed by atoms with van der Waals surface area (Å²) in [6, 6.07) is 10.8. The summed E-state index contributed by atoms with van der Waals surface area (Å²) in [7, 11) is 4.06. The van der Waals surface area contributed by atoms with Crippen LogP contribution in [0.25, 0.3) is 21.8 Å². The third-order valence-electron chi connectivity index (χ3n) is 4.16. The minimum absolute atomic E-state index is 0.0753. The Labute approximate surface area is 146 Å². The largest absolute Gasteiger partial charge is 0.733 e. The van der Waals surface area contributed by atoms with Crippen molar-refractivity contribution in [2.24, 2.45) is 0 Å². The summed E-state index contributed by atoms with van der Waals surface area (Å²) in [5.74, 6) is 0. The zero-order chi connectivity index (χ0) is 18.0. The quantitative estimate of drug-likeness (QED) is 0.360. The molecule has 0 spiro atoms. The molecule has 3 rings (SSSR count). The highest BCUT2D eigenvalue weighted by Crippen LogP contribution is 2.37. The molecule has 0 radical (unpaired) electrons. The average molecular weight is 340 g/mol. The Bertz CT molecular complexity index is 895. The molecule has 1 heterocycles. The van der Waals surface area contributed by atoms with Gasteiger partial charge in [0.05, 0.1) is 22.4 Å². The first-order valence-electron chi connectivity index (χ1n) is 8.14. The van der Waals surface area contributed by atoms with Crippen LogP contribution in [0.15, 0.2) is 36.4 Å². The molecule has 1 aromatic heterocycles. The molecule has 0 fully saturated rings. The van der Waals surface area contributed by atoms with Crippen molar-refractivity contribution in [3.63, 3.8) is 0 Å². The highest BCUT2D eigenvalue weighted by Gasteiger charge is 2.14. The Hall–Kier alpha value is -2.61. The molecule has 0 amide bonds. The molecule has 0 aliphatic rings. The Morgan fingerprint density at radius 3 is 2.68 bits per heavy atom. The summed E-state index contributed by atoms with van der Waals surface area (Å²) in [6.07, 6.45) is 0.963. The fourth-order valence-corrected chi connectivity index (χ4v) is 2.94. The van der Waals surface area contributed by atoms with Gasteiger partial charge in [-0.05, 0) is 45.3 Å². The molecule has 0 saturated heterocycles. The first kappa shape index (κ1) is 17.2. The van der Waals surface area contributed by atoms with Crippen molar-refractivity contribution in [3.05, 3.63) is 41.6 Å². The Kier molecular flexibility index (Phi) is 4.89. The standard InChI is InChI=1S/C18H22N5O2/c1-22(2)11-5-10-20-14-8-9-15(23(24)25)18-16(14)17(19)12-6-3-4-7-13(12)21-18/h3-4,6-9,20,24H,5,10-11H2,1-2H3,(H2,19,21)/q-1. The van der Waals surface area contributed by atoms with Crippen LogP contribution in [0.4, 0.5) is 17.1 Å². The van der Waals surface area contributed by atoms with Crippen molar-refractivity contribution in [2.75, 3.05) is 43.5 Å². The van der Waals surface area contributed by atoms with Crippen LogP contribution in [0.5, 0.6) is 0 Å². The first-order chi connectivity index (χ1) is 12.0. The van der Waals surface area contributed by atoms with Crippen molar-refractivity contribution in [1.82, 2.24) is 9.88 Å². The van der Waals surface area contributed by atoms with Gasteiger partial charge >= 0.3 is 0 Å². The van der Waals surface area contributed by atoms with Gasteiger partial charge in [-0.1, -0.05) is 18.2 Å². The van der Waals surface area contributed by atoms with E-state index in [4.69, 9.17) is 5.73 Å². The summed E-state index contributed by atoms with van der Waals surface area (Å²) >= 11 is 0. The number of anilines is 3. The molecule has 0 unspecified atom stereocenters. The molecule has 2 aromatic carbocycles. The van der Waals surface area contributed by atoms with E-state index < -0.39 is 0 Å². The summed E-state index contributed by atoms with van der Waals surface area (Å²) in [4.78, 5) is 6.67. The van der Waals surface area contributed by atoms with Gasteiger partial charge in [-0.2, -0.15) is 0 Å². The molecule has 0 aliphatic heterocycles. The Morgan fingerprint density at radius 2 is 1.96 bits per heavy atom. The molecule has 25 heavy (non-hydrogen) atoms. The molecule has 0 atom stereocenters. The van der Waals surface area contributed by atoms with E-state index in [2.05, 4.69) is 15.2 Å². The fraction of sp³-hybridized carbons (Fsp3) is 0.278. The number of para-hydroxylation sites is 1. The number of nitrogens with one attached hydrogen (secondary N) is 1. The molecule has 7 heteroatoms. The van der Waals surface area contributed by atoms with Gasteiger partial charge in [-0.15, -0.1) is 0 Å². The molecule has 4 N–H and O–H groups in total. The van der Waals surface area contributed by atoms with Crippen molar-refractivity contribution in [1.29, 1.82) is 0 Å². The van der Waals surface area contributed by atoms with E-state index in [1.54, 1.807) is 12.1 Å². The third kappa shape index (κ3) is 3.43. The van der Waals surface area contributed by atoms with Crippen molar-refractivity contribution >= 4 is 38.9 Å². The number of benzene rings is 2. The van der Waals surface area contributed by atoms with Gasteiger partial charge in [0.2, 0.25) is 0 Å². The van der Waals surface area contributed by atoms with Crippen molar-refractivity contribution in [2.45, 2.75) is 6.42 Å². The number of nitrogens with zero attached hydrogens (tertiary/aromatic N) is 3. The third-order valence-corrected chi connectivity index (χ3v) is 4.16. The molecule has 0 bridgehead atoms. The van der Waals surface area contributed by atoms with E-state index in [0.29, 0.717) is 22.1 Å². The molecule has 132 valence electrons. The van der Waals surface area contributed by atoms with Gasteiger partial charge in [-0.3, -0.25) is 5.21 Å². The lowest BCUT2D eigenvalue weighted by Gasteiger charge is -2.24. The topological polar surface area (TPSA) is 101 Å². The Balaban J connectivity index is 2.11. The second-order valence-electron chi connectivity index (χ2n) is 6.26. The van der Waals surface area contributed by atoms with Gasteiger partial charge < -0.3 is 26.4 Å². The minimum atomic E-state index is -0.167. The van der Waals surface area contributed by atoms with Crippen molar-refractivity contribution in [3.8, 4) is 0 Å². The second kappa shape index (κ2) is 7.10. The number of rotatable bonds is 6. The van der Waals surface area contributed by atoms with E-state index >= 15 is 0 Å². The van der Waals surface area contributed by atoms with Crippen LogP contribution in [0.3, 0.4) is 0 Å². The first-order valence-corrected chi connectivity index (χ1v) is 8.14. The Morgan fingerprint density at radius 1 is 1.20 bits per heavy atom. The van der Waals surface area contributed by atoms with E-state index in [0.717, 1.165) is 30.6 Å². The fourth-order valence-electron chi connectivity index (χ4n) is 2.94. The maximum Gasteiger partial charge on any atom is 0.0998 e. The van der Waals surface area contributed by atoms with Crippen LogP contribution < -0.4 is 16.3 Å². The number of fused-ring (bicyclic) bond motifs is 2. The van der Waals surface area contributed by atoms with Crippen LogP contribution in [-0.4, -0.2) is 42.3 Å². The summed E-state index contributed by atoms with van der Waals surface area (Å²) in [5.41, 5.74) is 8.87. The summed E-state index contributed by atoms with van der Waals surface area (Å²) in [6.45, 7) is 1.73. The zero-order valence-corrected chi connectivity index (χ0v) is 14.4. The summed E-state index contributed by atoms with van der Waals surface area (Å²) < 4.78 is 0. The predicted molar refractivity (Wildman–Crippen MR) is 103 cm³/mol. The van der Waals surface area contributed by atoms with Crippen LogP contribution in [0.2, 0.25) is 0 Å². The number of nitrogen functional groups attached to an aromatic ring is 1. The number of hydrogen-bond donors (Lipinski definition) is 3. The van der Waals surface area contributed by atoms with Crippen molar-refractivity contribution < 1.29 is 5.21 Å². The van der Waals surface area contributed by atoms with Gasteiger partial charge in [0.15, 0.2) is 0 Å². The van der Waals surface area contributed by atoms with Crippen LogP contribution in [-0.2, 0) is 0 Å². The lowest BCUT2D eigenvalue weighted by Crippen LogP contribution is -2.16. The minimum Gasteiger partial charge on any atom is -0.733 e. The molecule has 3 aromatic rings. The normalized spacial score (nSPS) is 11.4. The maximum absolute atomic E-state index is 11.5. The van der Waals surface area contributed by atoms with E-state index in [-0.39, 0.29) is 10.9 Å². The predicted octanol–water partition coefficient (Wildman–Crippen LogP) is 3.03. The molecular formula is C18H22N5O2-. The number of aromatic nitrogens is 1. The molecule has 0 saturated carbocycles. The lowest BCUT2D eigenvalue weighted by molar-refractivity contribution is 0.297. The van der Waals surface area contributed by atoms with Crippen LogP contribution in [0.1, 0.15) is 6.42 Å². The van der Waals surface area contributed by atoms with Gasteiger partial charge in [-0.25, -0.2) is 4.98 Å².